The van der Waals surface area contributed by atoms with Crippen LogP contribution in [0.15, 0.2) is 53.0 Å². The number of hydrogen-bond donors (Lipinski definition) is 0. The Balaban J connectivity index is 1.38. The zero-order valence-electron chi connectivity index (χ0n) is 15.6. The van der Waals surface area contributed by atoms with Gasteiger partial charge in [-0.2, -0.15) is 4.68 Å². The molecule has 1 amide bonds. The molecule has 0 aliphatic carbocycles. The summed E-state index contributed by atoms with van der Waals surface area (Å²) in [5.41, 5.74) is 2.87. The van der Waals surface area contributed by atoms with Crippen LogP contribution in [-0.2, 0) is 6.54 Å². The van der Waals surface area contributed by atoms with E-state index in [1.165, 1.54) is 5.56 Å². The molecular formula is C20H21BrN6O. The largest absolute Gasteiger partial charge is 0.336 e. The Labute approximate surface area is 172 Å². The van der Waals surface area contributed by atoms with Crippen molar-refractivity contribution >= 4 is 21.8 Å². The summed E-state index contributed by atoms with van der Waals surface area (Å²) in [7, 11) is 0. The lowest BCUT2D eigenvalue weighted by molar-refractivity contribution is 0.0624. The average Bonchev–Trinajstić information content (AvgIpc) is 3.17. The van der Waals surface area contributed by atoms with Crippen molar-refractivity contribution in [1.29, 1.82) is 0 Å². The van der Waals surface area contributed by atoms with E-state index in [0.717, 1.165) is 29.1 Å². The van der Waals surface area contributed by atoms with Crippen LogP contribution >= 0.6 is 15.9 Å². The van der Waals surface area contributed by atoms with Crippen LogP contribution in [0.2, 0.25) is 0 Å². The van der Waals surface area contributed by atoms with E-state index in [-0.39, 0.29) is 5.91 Å². The number of carbonyl (C=O) groups is 1. The Kier molecular flexibility index (Phi) is 5.50. The topological polar surface area (TPSA) is 67.2 Å². The van der Waals surface area contributed by atoms with Crippen molar-refractivity contribution in [2.75, 3.05) is 26.2 Å². The lowest BCUT2D eigenvalue weighted by Gasteiger charge is -2.34. The fourth-order valence-electron chi connectivity index (χ4n) is 3.30. The Morgan fingerprint density at radius 2 is 1.82 bits per heavy atom. The molecule has 0 atom stereocenters. The third kappa shape index (κ3) is 4.13. The molecule has 2 aromatic carbocycles. The Morgan fingerprint density at radius 3 is 2.54 bits per heavy atom. The Bertz CT molecular complexity index is 963. The lowest BCUT2D eigenvalue weighted by atomic mass is 10.2. The third-order valence-corrected chi connectivity index (χ3v) is 5.40. The first-order valence-electron chi connectivity index (χ1n) is 9.21. The molecule has 1 aliphatic rings. The highest BCUT2D eigenvalue weighted by atomic mass is 79.9. The van der Waals surface area contributed by atoms with Gasteiger partial charge in [0.05, 0.1) is 12.2 Å². The fraction of sp³-hybridized carbons (Fsp3) is 0.300. The molecule has 1 aliphatic heterocycles. The van der Waals surface area contributed by atoms with Crippen molar-refractivity contribution in [3.63, 3.8) is 0 Å². The molecule has 144 valence electrons. The summed E-state index contributed by atoms with van der Waals surface area (Å²) < 4.78 is 2.69. The zero-order chi connectivity index (χ0) is 19.5. The quantitative estimate of drug-likeness (QED) is 0.623. The van der Waals surface area contributed by atoms with Crippen LogP contribution in [0.5, 0.6) is 0 Å². The number of halogens is 1. The van der Waals surface area contributed by atoms with Gasteiger partial charge in [-0.1, -0.05) is 39.7 Å². The van der Waals surface area contributed by atoms with Gasteiger partial charge in [-0.05, 0) is 47.7 Å². The van der Waals surface area contributed by atoms with Gasteiger partial charge in [-0.3, -0.25) is 9.69 Å². The summed E-state index contributed by atoms with van der Waals surface area (Å²) >= 11 is 3.43. The average molecular weight is 441 g/mol. The van der Waals surface area contributed by atoms with Gasteiger partial charge in [0.1, 0.15) is 0 Å². The highest BCUT2D eigenvalue weighted by molar-refractivity contribution is 9.10. The highest BCUT2D eigenvalue weighted by Gasteiger charge is 2.23. The second kappa shape index (κ2) is 8.20. The summed E-state index contributed by atoms with van der Waals surface area (Å²) in [4.78, 5) is 16.9. The van der Waals surface area contributed by atoms with Crippen LogP contribution in [0, 0.1) is 6.92 Å². The van der Waals surface area contributed by atoms with Crippen molar-refractivity contribution in [1.82, 2.24) is 30.0 Å². The van der Waals surface area contributed by atoms with E-state index in [1.54, 1.807) is 4.68 Å². The number of aryl methyl sites for hydroxylation is 1. The van der Waals surface area contributed by atoms with Gasteiger partial charge < -0.3 is 4.90 Å². The van der Waals surface area contributed by atoms with E-state index in [0.29, 0.717) is 25.2 Å². The molecule has 3 aromatic rings. The van der Waals surface area contributed by atoms with Gasteiger partial charge in [0.25, 0.3) is 5.91 Å². The summed E-state index contributed by atoms with van der Waals surface area (Å²) in [6, 6.07) is 15.7. The van der Waals surface area contributed by atoms with Crippen molar-refractivity contribution < 1.29 is 4.79 Å². The first kappa shape index (κ1) is 18.8. The fourth-order valence-corrected chi connectivity index (χ4v) is 3.70. The number of rotatable bonds is 4. The number of amides is 1. The summed E-state index contributed by atoms with van der Waals surface area (Å²) in [6.07, 6.45) is 0. The van der Waals surface area contributed by atoms with Crippen molar-refractivity contribution in [2.24, 2.45) is 0 Å². The number of hydrogen-bond acceptors (Lipinski definition) is 5. The monoisotopic (exact) mass is 440 g/mol. The van der Waals surface area contributed by atoms with Gasteiger partial charge in [-0.25, -0.2) is 0 Å². The second-order valence-corrected chi connectivity index (χ2v) is 7.84. The maximum atomic E-state index is 12.7. The van der Waals surface area contributed by atoms with Crippen LogP contribution in [0.4, 0.5) is 0 Å². The Morgan fingerprint density at radius 1 is 1.07 bits per heavy atom. The van der Waals surface area contributed by atoms with Crippen molar-refractivity contribution in [3.05, 3.63) is 70.0 Å². The Hall–Kier alpha value is -2.58. The molecule has 0 radical (unpaired) electrons. The smallest absolute Gasteiger partial charge is 0.253 e. The third-order valence-electron chi connectivity index (χ3n) is 4.91. The minimum absolute atomic E-state index is 0.0745. The van der Waals surface area contributed by atoms with Gasteiger partial charge >= 0.3 is 0 Å². The number of aromatic nitrogens is 4. The molecule has 2 heterocycles. The minimum Gasteiger partial charge on any atom is -0.336 e. The van der Waals surface area contributed by atoms with Crippen LogP contribution in [0.3, 0.4) is 0 Å². The summed E-state index contributed by atoms with van der Waals surface area (Å²) in [5, 5.41) is 12.2. The SMILES string of the molecule is Cc1ccc(-n2nnnc2CN2CCN(C(=O)c3cccc(Br)c3)CC2)cc1. The predicted octanol–water partition coefficient (Wildman–Crippen LogP) is 2.69. The van der Waals surface area contributed by atoms with Crippen LogP contribution < -0.4 is 0 Å². The van der Waals surface area contributed by atoms with Crippen LogP contribution in [0.25, 0.3) is 5.69 Å². The van der Waals surface area contributed by atoms with Gasteiger partial charge in [0.15, 0.2) is 5.82 Å². The molecular weight excluding hydrogens is 420 g/mol. The molecule has 0 saturated carbocycles. The second-order valence-electron chi connectivity index (χ2n) is 6.92. The first-order valence-corrected chi connectivity index (χ1v) is 10.0. The van der Waals surface area contributed by atoms with Crippen molar-refractivity contribution in [3.8, 4) is 5.69 Å². The molecule has 0 spiro atoms. The number of piperazine rings is 1. The number of benzene rings is 2. The number of carbonyl (C=O) groups excluding carboxylic acids is 1. The molecule has 0 bridgehead atoms. The van der Waals surface area contributed by atoms with E-state index < -0.39 is 0 Å². The van der Waals surface area contributed by atoms with Crippen LogP contribution in [0.1, 0.15) is 21.7 Å². The van der Waals surface area contributed by atoms with Gasteiger partial charge in [0.2, 0.25) is 0 Å². The summed E-state index contributed by atoms with van der Waals surface area (Å²) in [5.74, 6) is 0.876. The highest BCUT2D eigenvalue weighted by Crippen LogP contribution is 2.16. The standard InChI is InChI=1S/C20H21BrN6O/c1-15-5-7-18(8-6-15)27-19(22-23-24-27)14-25-9-11-26(12-10-25)20(28)16-3-2-4-17(21)13-16/h2-8,13H,9-12,14H2,1H3. The predicted molar refractivity (Wildman–Crippen MR) is 109 cm³/mol. The molecule has 1 aromatic heterocycles. The number of tetrazole rings is 1. The molecule has 28 heavy (non-hydrogen) atoms. The maximum Gasteiger partial charge on any atom is 0.253 e. The van der Waals surface area contributed by atoms with Gasteiger partial charge in [-0.15, -0.1) is 5.10 Å². The zero-order valence-corrected chi connectivity index (χ0v) is 17.2. The first-order chi connectivity index (χ1) is 13.6. The van der Waals surface area contributed by atoms with E-state index in [2.05, 4.69) is 43.3 Å². The van der Waals surface area contributed by atoms with E-state index >= 15 is 0 Å². The lowest BCUT2D eigenvalue weighted by Crippen LogP contribution is -2.48. The van der Waals surface area contributed by atoms with Gasteiger partial charge in [0, 0.05) is 36.2 Å². The van der Waals surface area contributed by atoms with E-state index in [1.807, 2.05) is 53.4 Å². The molecule has 7 nitrogen and oxygen atoms in total. The van der Waals surface area contributed by atoms with Crippen LogP contribution in [-0.4, -0.2) is 62.1 Å². The molecule has 1 fully saturated rings. The molecule has 0 unspecified atom stereocenters. The van der Waals surface area contributed by atoms with E-state index in [9.17, 15) is 4.79 Å². The normalized spacial score (nSPS) is 15.0. The minimum atomic E-state index is 0.0745. The number of nitrogens with zero attached hydrogens (tertiary/aromatic N) is 6. The van der Waals surface area contributed by atoms with E-state index in [4.69, 9.17) is 0 Å². The van der Waals surface area contributed by atoms with Crippen molar-refractivity contribution in [2.45, 2.75) is 13.5 Å². The maximum absolute atomic E-state index is 12.7. The summed E-state index contributed by atoms with van der Waals surface area (Å²) in [6.45, 7) is 5.68. The molecule has 0 N–H and O–H groups in total. The molecule has 8 heteroatoms. The molecule has 1 saturated heterocycles. The molecule has 4 rings (SSSR count).